The topological polar surface area (TPSA) is 177 Å². The molecule has 11 heteroatoms. The number of ketones is 3. The van der Waals surface area contributed by atoms with Gasteiger partial charge in [0.2, 0.25) is 0 Å². The molecule has 10 nitrogen and oxygen atoms in total. The van der Waals surface area contributed by atoms with Crippen molar-refractivity contribution in [1.29, 1.82) is 0 Å². The molecule has 0 radical (unpaired) electrons. The predicted molar refractivity (Wildman–Crippen MR) is 131 cm³/mol. The number of phenolic OH excluding ortho intramolecular Hbond substituents is 2. The molecule has 2 aromatic carbocycles. The van der Waals surface area contributed by atoms with Gasteiger partial charge in [0.25, 0.3) is 0 Å². The summed E-state index contributed by atoms with van der Waals surface area (Å²) >= 11 is 0. The van der Waals surface area contributed by atoms with Gasteiger partial charge in [-0.3, -0.25) is 14.4 Å². The Labute approximate surface area is 218 Å². The molecule has 0 saturated carbocycles. The van der Waals surface area contributed by atoms with E-state index in [4.69, 9.17) is 15.2 Å². The number of fused-ring (bicyclic) bond motifs is 3. The van der Waals surface area contributed by atoms with Crippen LogP contribution >= 0.6 is 12.4 Å². The Morgan fingerprint density at radius 2 is 1.68 bits per heavy atom. The normalized spacial score (nSPS) is 30.6. The average Bonchev–Trinajstić information content (AvgIpc) is 2.82. The van der Waals surface area contributed by atoms with Crippen LogP contribution in [0.2, 0.25) is 0 Å². The van der Waals surface area contributed by atoms with Crippen LogP contribution in [0.5, 0.6) is 11.5 Å². The maximum absolute atomic E-state index is 13.3. The van der Waals surface area contributed by atoms with Gasteiger partial charge in [0.1, 0.15) is 17.1 Å². The minimum atomic E-state index is -1.97. The summed E-state index contributed by atoms with van der Waals surface area (Å²) in [5.41, 5.74) is 3.38. The van der Waals surface area contributed by atoms with Gasteiger partial charge in [0.15, 0.2) is 23.6 Å². The summed E-state index contributed by atoms with van der Waals surface area (Å²) in [6.45, 7) is 2.80. The fourth-order valence-corrected chi connectivity index (χ4v) is 5.42. The SMILES string of the molecule is CC(=O)[C@]1(O)Cc2c(O)c3c(c(O)c2C(OC2CC(N)C(O)C(C)O2)C1)C(=O)c1ccccc1C3=O.Cl. The van der Waals surface area contributed by atoms with E-state index in [1.807, 2.05) is 0 Å². The molecule has 2 aliphatic carbocycles. The number of phenols is 2. The molecule has 1 fully saturated rings. The van der Waals surface area contributed by atoms with Crippen molar-refractivity contribution in [2.75, 3.05) is 0 Å². The molecule has 1 aliphatic heterocycles. The molecular formula is C26H28ClNO9. The average molecular weight is 534 g/mol. The van der Waals surface area contributed by atoms with Gasteiger partial charge in [-0.2, -0.15) is 0 Å². The fraction of sp³-hybridized carbons (Fsp3) is 0.423. The first-order valence-electron chi connectivity index (χ1n) is 11.7. The quantitative estimate of drug-likeness (QED) is 0.309. The molecular weight excluding hydrogens is 506 g/mol. The Hall–Kier alpha value is -2.86. The minimum Gasteiger partial charge on any atom is -0.507 e. The smallest absolute Gasteiger partial charge is 0.198 e. The number of Topliss-reactive ketones (excluding diaryl/α,β-unsaturated/α-hetero) is 1. The molecule has 0 amide bonds. The number of aliphatic hydroxyl groups excluding tert-OH is 1. The molecule has 0 spiro atoms. The van der Waals surface area contributed by atoms with Crippen molar-refractivity contribution in [2.24, 2.45) is 5.73 Å². The molecule has 2 aromatic rings. The molecule has 0 aromatic heterocycles. The van der Waals surface area contributed by atoms with Crippen molar-refractivity contribution in [3.63, 3.8) is 0 Å². The summed E-state index contributed by atoms with van der Waals surface area (Å²) in [4.78, 5) is 39.0. The predicted octanol–water partition coefficient (Wildman–Crippen LogP) is 1.44. The largest absolute Gasteiger partial charge is 0.507 e. The van der Waals surface area contributed by atoms with E-state index in [2.05, 4.69) is 0 Å². The van der Waals surface area contributed by atoms with Gasteiger partial charge >= 0.3 is 0 Å². The van der Waals surface area contributed by atoms with Crippen LogP contribution in [0.15, 0.2) is 24.3 Å². The standard InChI is InChI=1S/C26H27NO9.ClH/c1-10-21(29)15(27)7-17(35-10)36-16-9-26(34,11(2)28)8-14-18(16)25(33)20-19(24(14)32)22(30)12-5-3-4-6-13(12)23(20)31;/h3-6,10,15-17,21,29,32-34H,7-9,27H2,1-2H3;1H/t10?,15?,16?,17?,21?,26-;/m0./s1. The van der Waals surface area contributed by atoms with Crippen LogP contribution in [-0.2, 0) is 20.7 Å². The number of hydrogen-bond donors (Lipinski definition) is 5. The van der Waals surface area contributed by atoms with Gasteiger partial charge in [-0.25, -0.2) is 0 Å². The van der Waals surface area contributed by atoms with E-state index in [0.29, 0.717) is 0 Å². The lowest BCUT2D eigenvalue weighted by atomic mass is 9.72. The third-order valence-corrected chi connectivity index (χ3v) is 7.50. The molecule has 1 heterocycles. The van der Waals surface area contributed by atoms with Crippen LogP contribution in [0.4, 0.5) is 0 Å². The lowest BCUT2D eigenvalue weighted by Gasteiger charge is -2.42. The highest BCUT2D eigenvalue weighted by Crippen LogP contribution is 2.51. The highest BCUT2D eigenvalue weighted by atomic mass is 35.5. The van der Waals surface area contributed by atoms with Gasteiger partial charge in [0.05, 0.1) is 29.4 Å². The van der Waals surface area contributed by atoms with Gasteiger partial charge in [-0.15, -0.1) is 12.4 Å². The van der Waals surface area contributed by atoms with Crippen molar-refractivity contribution < 1.29 is 44.3 Å². The van der Waals surface area contributed by atoms with Crippen LogP contribution in [0.1, 0.15) is 75.8 Å². The maximum atomic E-state index is 13.3. The monoisotopic (exact) mass is 533 g/mol. The van der Waals surface area contributed by atoms with E-state index in [-0.39, 0.29) is 58.6 Å². The van der Waals surface area contributed by atoms with E-state index in [1.54, 1.807) is 19.1 Å². The second kappa shape index (κ2) is 9.46. The molecule has 6 atom stereocenters. The van der Waals surface area contributed by atoms with E-state index < -0.39 is 71.5 Å². The number of carbonyl (C=O) groups is 3. The van der Waals surface area contributed by atoms with Crippen LogP contribution in [0, 0.1) is 0 Å². The first-order valence-corrected chi connectivity index (χ1v) is 11.7. The minimum absolute atomic E-state index is 0. The number of nitrogens with two attached hydrogens (primary N) is 1. The Morgan fingerprint density at radius 3 is 2.22 bits per heavy atom. The molecule has 5 unspecified atom stereocenters. The summed E-state index contributed by atoms with van der Waals surface area (Å²) in [7, 11) is 0. The van der Waals surface area contributed by atoms with Crippen molar-refractivity contribution >= 4 is 29.8 Å². The number of ether oxygens (including phenoxy) is 2. The lowest BCUT2D eigenvalue weighted by molar-refractivity contribution is -0.247. The molecule has 0 bridgehead atoms. The summed E-state index contributed by atoms with van der Waals surface area (Å²) in [5, 5.41) is 43.8. The number of rotatable bonds is 3. The molecule has 6 N–H and O–H groups in total. The van der Waals surface area contributed by atoms with Crippen molar-refractivity contribution in [2.45, 2.75) is 69.4 Å². The summed E-state index contributed by atoms with van der Waals surface area (Å²) in [6.07, 6.45) is -4.38. The van der Waals surface area contributed by atoms with Crippen molar-refractivity contribution in [1.82, 2.24) is 0 Å². The Kier molecular flexibility index (Phi) is 6.95. The number of benzene rings is 2. The van der Waals surface area contributed by atoms with Crippen molar-refractivity contribution in [3.05, 3.63) is 57.6 Å². The number of carbonyl (C=O) groups excluding carboxylic acids is 3. The van der Waals surface area contributed by atoms with E-state index >= 15 is 0 Å². The summed E-state index contributed by atoms with van der Waals surface area (Å²) in [6, 6.07) is 5.40. The molecule has 1 saturated heterocycles. The van der Waals surface area contributed by atoms with Gasteiger partial charge < -0.3 is 35.6 Å². The van der Waals surface area contributed by atoms with Crippen LogP contribution in [0.25, 0.3) is 0 Å². The first-order chi connectivity index (χ1) is 16.9. The lowest BCUT2D eigenvalue weighted by Crippen LogP contribution is -2.52. The van der Waals surface area contributed by atoms with Gasteiger partial charge in [0, 0.05) is 47.6 Å². The highest BCUT2D eigenvalue weighted by Gasteiger charge is 2.49. The molecule has 37 heavy (non-hydrogen) atoms. The second-order valence-corrected chi connectivity index (χ2v) is 9.80. The third-order valence-electron chi connectivity index (χ3n) is 7.50. The fourth-order valence-electron chi connectivity index (χ4n) is 5.42. The molecule has 5 rings (SSSR count). The summed E-state index contributed by atoms with van der Waals surface area (Å²) in [5.74, 6) is -3.06. The Morgan fingerprint density at radius 1 is 1.11 bits per heavy atom. The second-order valence-electron chi connectivity index (χ2n) is 9.80. The zero-order chi connectivity index (χ0) is 26.1. The zero-order valence-electron chi connectivity index (χ0n) is 20.1. The van der Waals surface area contributed by atoms with E-state index in [0.717, 1.165) is 0 Å². The van der Waals surface area contributed by atoms with Crippen LogP contribution < -0.4 is 5.73 Å². The first kappa shape index (κ1) is 27.2. The summed E-state index contributed by atoms with van der Waals surface area (Å²) < 4.78 is 11.8. The van der Waals surface area contributed by atoms with Gasteiger partial charge in [-0.1, -0.05) is 24.3 Å². The van der Waals surface area contributed by atoms with E-state index in [1.165, 1.54) is 19.1 Å². The maximum Gasteiger partial charge on any atom is 0.198 e. The van der Waals surface area contributed by atoms with Gasteiger partial charge in [-0.05, 0) is 13.8 Å². The molecule has 3 aliphatic rings. The number of aliphatic hydroxyl groups is 2. The number of halogens is 1. The highest BCUT2D eigenvalue weighted by molar-refractivity contribution is 6.30. The molecule has 198 valence electrons. The van der Waals surface area contributed by atoms with E-state index in [9.17, 15) is 34.8 Å². The Bertz CT molecular complexity index is 1300. The number of hydrogen-bond acceptors (Lipinski definition) is 10. The van der Waals surface area contributed by atoms with Crippen molar-refractivity contribution in [3.8, 4) is 11.5 Å². The zero-order valence-corrected chi connectivity index (χ0v) is 20.9. The number of aromatic hydroxyl groups is 2. The third kappa shape index (κ3) is 4.14. The van der Waals surface area contributed by atoms with Crippen LogP contribution in [-0.4, -0.2) is 67.9 Å². The Balaban J connectivity index is 0.00000320. The van der Waals surface area contributed by atoms with Crippen LogP contribution in [0.3, 0.4) is 0 Å².